The Hall–Kier alpha value is -1.06. The molecule has 0 radical (unpaired) electrons. The summed E-state index contributed by atoms with van der Waals surface area (Å²) in [6.45, 7) is 3.93. The first-order chi connectivity index (χ1) is 8.09. The molecule has 1 amide bonds. The third-order valence-electron chi connectivity index (χ3n) is 3.37. The Morgan fingerprint density at radius 3 is 2.50 bits per heavy atom. The summed E-state index contributed by atoms with van der Waals surface area (Å²) >= 11 is 0. The molecule has 2 rings (SSSR count). The fourth-order valence-corrected chi connectivity index (χ4v) is 2.00. The molecule has 1 saturated carbocycles. The Morgan fingerprint density at radius 2 is 1.94 bits per heavy atom. The summed E-state index contributed by atoms with van der Waals surface area (Å²) in [5.41, 5.74) is 7.11. The highest BCUT2D eigenvalue weighted by atomic mass is 35.5. The Kier molecular flexibility index (Phi) is 5.17. The van der Waals surface area contributed by atoms with Gasteiger partial charge in [-0.05, 0) is 17.9 Å². The minimum atomic E-state index is -0.396. The maximum atomic E-state index is 11.8. The van der Waals surface area contributed by atoms with E-state index in [2.05, 4.69) is 17.4 Å². The largest absolute Gasteiger partial charge is 0.351 e. The highest BCUT2D eigenvalue weighted by molar-refractivity contribution is 5.85. The SMILES string of the molecule is CC(C)C(N)C(=O)NC1CC1c1ccccc1.Cl. The number of halogens is 1. The van der Waals surface area contributed by atoms with Crippen LogP contribution >= 0.6 is 12.4 Å². The quantitative estimate of drug-likeness (QED) is 0.878. The zero-order chi connectivity index (χ0) is 12.4. The maximum Gasteiger partial charge on any atom is 0.237 e. The molecule has 1 aliphatic rings. The molecular formula is C14H21ClN2O. The van der Waals surface area contributed by atoms with E-state index in [-0.39, 0.29) is 30.3 Å². The van der Waals surface area contributed by atoms with Crippen LogP contribution in [0.4, 0.5) is 0 Å². The molecule has 1 aliphatic carbocycles. The van der Waals surface area contributed by atoms with Crippen LogP contribution in [-0.4, -0.2) is 18.0 Å². The van der Waals surface area contributed by atoms with Crippen molar-refractivity contribution in [3.05, 3.63) is 35.9 Å². The minimum absolute atomic E-state index is 0. The van der Waals surface area contributed by atoms with Crippen LogP contribution in [0.3, 0.4) is 0 Å². The molecule has 3 N–H and O–H groups in total. The van der Waals surface area contributed by atoms with Crippen LogP contribution in [-0.2, 0) is 4.79 Å². The van der Waals surface area contributed by atoms with E-state index in [0.29, 0.717) is 5.92 Å². The Bertz CT molecular complexity index is 394. The first kappa shape index (κ1) is 15.0. The van der Waals surface area contributed by atoms with E-state index in [1.54, 1.807) is 0 Å². The summed E-state index contributed by atoms with van der Waals surface area (Å²) in [5, 5.41) is 3.02. The molecule has 3 unspecified atom stereocenters. The molecule has 0 aromatic heterocycles. The number of nitrogens with one attached hydrogen (secondary N) is 1. The molecule has 1 aromatic rings. The van der Waals surface area contributed by atoms with Gasteiger partial charge in [0, 0.05) is 12.0 Å². The molecule has 4 heteroatoms. The van der Waals surface area contributed by atoms with Gasteiger partial charge in [-0.2, -0.15) is 0 Å². The lowest BCUT2D eigenvalue weighted by Crippen LogP contribution is -2.45. The number of rotatable bonds is 4. The van der Waals surface area contributed by atoms with Gasteiger partial charge in [0.05, 0.1) is 6.04 Å². The fraction of sp³-hybridized carbons (Fsp3) is 0.500. The first-order valence-corrected chi connectivity index (χ1v) is 6.20. The van der Waals surface area contributed by atoms with Crippen molar-refractivity contribution >= 4 is 18.3 Å². The van der Waals surface area contributed by atoms with E-state index >= 15 is 0 Å². The zero-order valence-electron chi connectivity index (χ0n) is 10.8. The van der Waals surface area contributed by atoms with Crippen molar-refractivity contribution in [3.8, 4) is 0 Å². The Balaban J connectivity index is 0.00000162. The number of carbonyl (C=O) groups excluding carboxylic acids is 1. The Labute approximate surface area is 115 Å². The van der Waals surface area contributed by atoms with Gasteiger partial charge in [0.1, 0.15) is 0 Å². The van der Waals surface area contributed by atoms with Gasteiger partial charge in [0.15, 0.2) is 0 Å². The van der Waals surface area contributed by atoms with Gasteiger partial charge >= 0.3 is 0 Å². The number of carbonyl (C=O) groups is 1. The third kappa shape index (κ3) is 3.47. The second-order valence-corrected chi connectivity index (χ2v) is 5.14. The highest BCUT2D eigenvalue weighted by Crippen LogP contribution is 2.40. The first-order valence-electron chi connectivity index (χ1n) is 6.20. The average Bonchev–Trinajstić information content (AvgIpc) is 3.08. The molecule has 0 saturated heterocycles. The molecule has 3 atom stereocenters. The second-order valence-electron chi connectivity index (χ2n) is 5.14. The van der Waals surface area contributed by atoms with Crippen LogP contribution in [0.25, 0.3) is 0 Å². The van der Waals surface area contributed by atoms with Crippen LogP contribution in [0.2, 0.25) is 0 Å². The number of amides is 1. The number of hydrogen-bond donors (Lipinski definition) is 2. The predicted octanol–water partition coefficient (Wildman–Crippen LogP) is 2.06. The molecule has 0 heterocycles. The van der Waals surface area contributed by atoms with Gasteiger partial charge in [-0.25, -0.2) is 0 Å². The summed E-state index contributed by atoms with van der Waals surface area (Å²) in [4.78, 5) is 11.8. The average molecular weight is 269 g/mol. The van der Waals surface area contributed by atoms with Gasteiger partial charge in [0.25, 0.3) is 0 Å². The summed E-state index contributed by atoms with van der Waals surface area (Å²) in [5.74, 6) is 0.631. The molecule has 1 fully saturated rings. The van der Waals surface area contributed by atoms with Gasteiger partial charge < -0.3 is 11.1 Å². The van der Waals surface area contributed by atoms with Gasteiger partial charge in [0.2, 0.25) is 5.91 Å². The molecule has 0 spiro atoms. The van der Waals surface area contributed by atoms with Crippen LogP contribution in [0.15, 0.2) is 30.3 Å². The molecular weight excluding hydrogens is 248 g/mol. The van der Waals surface area contributed by atoms with Crippen molar-refractivity contribution in [1.82, 2.24) is 5.32 Å². The van der Waals surface area contributed by atoms with Crippen LogP contribution in [0, 0.1) is 5.92 Å². The molecule has 1 aromatic carbocycles. The molecule has 0 bridgehead atoms. The van der Waals surface area contributed by atoms with Crippen molar-refractivity contribution in [2.45, 2.75) is 38.3 Å². The van der Waals surface area contributed by atoms with E-state index in [0.717, 1.165) is 6.42 Å². The topological polar surface area (TPSA) is 55.1 Å². The van der Waals surface area contributed by atoms with E-state index in [1.807, 2.05) is 32.0 Å². The second kappa shape index (κ2) is 6.21. The maximum absolute atomic E-state index is 11.8. The monoisotopic (exact) mass is 268 g/mol. The van der Waals surface area contributed by atoms with Crippen molar-refractivity contribution < 1.29 is 4.79 Å². The standard InChI is InChI=1S/C14H20N2O.ClH/c1-9(2)13(15)14(17)16-12-8-11(12)10-6-4-3-5-7-10;/h3-7,9,11-13H,8,15H2,1-2H3,(H,16,17);1H. The third-order valence-corrected chi connectivity index (χ3v) is 3.37. The van der Waals surface area contributed by atoms with Crippen molar-refractivity contribution in [2.24, 2.45) is 11.7 Å². The van der Waals surface area contributed by atoms with Gasteiger partial charge in [-0.3, -0.25) is 4.79 Å². The molecule has 100 valence electrons. The van der Waals surface area contributed by atoms with Gasteiger partial charge in [-0.15, -0.1) is 12.4 Å². The fourth-order valence-electron chi connectivity index (χ4n) is 2.00. The van der Waals surface area contributed by atoms with Crippen LogP contribution < -0.4 is 11.1 Å². The number of benzene rings is 1. The minimum Gasteiger partial charge on any atom is -0.351 e. The summed E-state index contributed by atoms with van der Waals surface area (Å²) < 4.78 is 0. The number of nitrogens with two attached hydrogens (primary N) is 1. The summed E-state index contributed by atoms with van der Waals surface area (Å²) in [6.07, 6.45) is 1.03. The van der Waals surface area contributed by atoms with Gasteiger partial charge in [-0.1, -0.05) is 44.2 Å². The lowest BCUT2D eigenvalue weighted by Gasteiger charge is -2.15. The summed E-state index contributed by atoms with van der Waals surface area (Å²) in [6, 6.07) is 10.2. The smallest absolute Gasteiger partial charge is 0.237 e. The Morgan fingerprint density at radius 1 is 1.33 bits per heavy atom. The predicted molar refractivity (Wildman–Crippen MR) is 75.8 cm³/mol. The van der Waals surface area contributed by atoms with E-state index in [1.165, 1.54) is 5.56 Å². The van der Waals surface area contributed by atoms with Crippen LogP contribution in [0.5, 0.6) is 0 Å². The molecule has 18 heavy (non-hydrogen) atoms. The van der Waals surface area contributed by atoms with Crippen molar-refractivity contribution in [1.29, 1.82) is 0 Å². The highest BCUT2D eigenvalue weighted by Gasteiger charge is 2.40. The number of hydrogen-bond acceptors (Lipinski definition) is 2. The van der Waals surface area contributed by atoms with Crippen molar-refractivity contribution in [3.63, 3.8) is 0 Å². The van der Waals surface area contributed by atoms with Crippen LogP contribution in [0.1, 0.15) is 31.7 Å². The van der Waals surface area contributed by atoms with E-state index in [4.69, 9.17) is 5.73 Å². The van der Waals surface area contributed by atoms with Crippen molar-refractivity contribution in [2.75, 3.05) is 0 Å². The van der Waals surface area contributed by atoms with E-state index < -0.39 is 6.04 Å². The zero-order valence-corrected chi connectivity index (χ0v) is 11.6. The van der Waals surface area contributed by atoms with E-state index in [9.17, 15) is 4.79 Å². The normalized spacial score (nSPS) is 23.1. The molecule has 3 nitrogen and oxygen atoms in total. The lowest BCUT2D eigenvalue weighted by molar-refractivity contribution is -0.123. The lowest BCUT2D eigenvalue weighted by atomic mass is 10.0. The molecule has 0 aliphatic heterocycles. The summed E-state index contributed by atoms with van der Waals surface area (Å²) in [7, 11) is 0.